The molecule has 1 aromatic rings. The number of carbonyl (C=O) groups is 2. The number of benzene rings is 1. The topological polar surface area (TPSA) is 67.4 Å². The maximum atomic E-state index is 11.7. The van der Waals surface area contributed by atoms with Gasteiger partial charge in [0.1, 0.15) is 5.75 Å². The summed E-state index contributed by atoms with van der Waals surface area (Å²) >= 11 is 5.54. The first kappa shape index (κ1) is 15.3. The summed E-state index contributed by atoms with van der Waals surface area (Å²) in [7, 11) is 1.52. The Morgan fingerprint density at radius 1 is 1.32 bits per heavy atom. The molecule has 0 heterocycles. The van der Waals surface area contributed by atoms with Gasteiger partial charge in [-0.25, -0.2) is 0 Å². The number of methoxy groups -OCH3 is 1. The van der Waals surface area contributed by atoms with Crippen LogP contribution in [0.3, 0.4) is 0 Å². The number of carbonyl (C=O) groups excluding carboxylic acids is 2. The van der Waals surface area contributed by atoms with Gasteiger partial charge in [0.15, 0.2) is 0 Å². The fourth-order valence-electron chi connectivity index (χ4n) is 1.53. The monoisotopic (exact) mass is 284 g/mol. The van der Waals surface area contributed by atoms with Crippen molar-refractivity contribution in [1.29, 1.82) is 0 Å². The van der Waals surface area contributed by atoms with Gasteiger partial charge in [-0.15, -0.1) is 11.6 Å². The molecule has 0 spiro atoms. The minimum Gasteiger partial charge on any atom is -0.495 e. The van der Waals surface area contributed by atoms with Crippen molar-refractivity contribution in [1.82, 2.24) is 0 Å². The van der Waals surface area contributed by atoms with E-state index in [0.717, 1.165) is 0 Å². The number of ether oxygens (including phenoxy) is 1. The number of anilines is 2. The van der Waals surface area contributed by atoms with Crippen molar-refractivity contribution < 1.29 is 14.3 Å². The van der Waals surface area contributed by atoms with E-state index in [0.29, 0.717) is 35.8 Å². The van der Waals surface area contributed by atoms with Crippen molar-refractivity contribution in [2.24, 2.45) is 0 Å². The van der Waals surface area contributed by atoms with Crippen molar-refractivity contribution in [3.05, 3.63) is 18.2 Å². The molecule has 0 radical (unpaired) electrons. The maximum Gasteiger partial charge on any atom is 0.224 e. The maximum absolute atomic E-state index is 11.7. The van der Waals surface area contributed by atoms with Gasteiger partial charge in [-0.1, -0.05) is 0 Å². The van der Waals surface area contributed by atoms with E-state index >= 15 is 0 Å². The second kappa shape index (κ2) is 7.63. The normalized spacial score (nSPS) is 9.84. The van der Waals surface area contributed by atoms with Crippen LogP contribution in [-0.2, 0) is 9.59 Å². The predicted molar refractivity (Wildman–Crippen MR) is 75.9 cm³/mol. The zero-order chi connectivity index (χ0) is 14.3. The summed E-state index contributed by atoms with van der Waals surface area (Å²) in [6.45, 7) is 1.42. The van der Waals surface area contributed by atoms with Gasteiger partial charge in [-0.3, -0.25) is 9.59 Å². The lowest BCUT2D eigenvalue weighted by molar-refractivity contribution is -0.116. The Labute approximate surface area is 117 Å². The molecule has 0 aliphatic rings. The molecule has 0 fully saturated rings. The molecule has 2 N–H and O–H groups in total. The van der Waals surface area contributed by atoms with Gasteiger partial charge in [-0.05, 0) is 24.6 Å². The van der Waals surface area contributed by atoms with Crippen molar-refractivity contribution in [3.8, 4) is 5.75 Å². The molecule has 0 unspecified atom stereocenters. The first-order valence-corrected chi connectivity index (χ1v) is 6.41. The highest BCUT2D eigenvalue weighted by molar-refractivity contribution is 6.18. The van der Waals surface area contributed by atoms with E-state index in [4.69, 9.17) is 16.3 Å². The Bertz CT molecular complexity index is 463. The van der Waals surface area contributed by atoms with Crippen LogP contribution in [0.2, 0.25) is 0 Å². The average molecular weight is 285 g/mol. The minimum absolute atomic E-state index is 0.140. The molecule has 5 nitrogen and oxygen atoms in total. The van der Waals surface area contributed by atoms with Crippen LogP contribution in [0.1, 0.15) is 19.8 Å². The molecule has 1 rings (SSSR count). The van der Waals surface area contributed by atoms with Gasteiger partial charge in [0.05, 0.1) is 12.8 Å². The Morgan fingerprint density at radius 2 is 2.05 bits per heavy atom. The molecular formula is C13H17ClN2O3. The number of hydrogen-bond acceptors (Lipinski definition) is 3. The van der Waals surface area contributed by atoms with Crippen molar-refractivity contribution >= 4 is 34.8 Å². The van der Waals surface area contributed by atoms with E-state index in [2.05, 4.69) is 10.6 Å². The highest BCUT2D eigenvalue weighted by Crippen LogP contribution is 2.28. The standard InChI is InChI=1S/C13H17ClN2O3/c1-9(17)15-10-5-6-12(19-2)11(8-10)16-13(18)4-3-7-14/h5-6,8H,3-4,7H2,1-2H3,(H,15,17)(H,16,18). The summed E-state index contributed by atoms with van der Waals surface area (Å²) in [5.74, 6) is 0.660. The van der Waals surface area contributed by atoms with E-state index in [1.165, 1.54) is 14.0 Å². The molecule has 0 aliphatic carbocycles. The van der Waals surface area contributed by atoms with Crippen LogP contribution in [0.5, 0.6) is 5.75 Å². The second-order valence-corrected chi connectivity index (χ2v) is 4.31. The highest BCUT2D eigenvalue weighted by Gasteiger charge is 2.09. The molecule has 0 atom stereocenters. The summed E-state index contributed by atoms with van der Waals surface area (Å²) < 4.78 is 5.16. The van der Waals surface area contributed by atoms with Gasteiger partial charge in [-0.2, -0.15) is 0 Å². The van der Waals surface area contributed by atoms with E-state index < -0.39 is 0 Å². The van der Waals surface area contributed by atoms with E-state index in [1.54, 1.807) is 18.2 Å². The Hall–Kier alpha value is -1.75. The Morgan fingerprint density at radius 3 is 2.63 bits per heavy atom. The quantitative estimate of drug-likeness (QED) is 0.789. The lowest BCUT2D eigenvalue weighted by atomic mass is 10.2. The third-order valence-corrected chi connectivity index (χ3v) is 2.60. The van der Waals surface area contributed by atoms with E-state index in [1.807, 2.05) is 0 Å². The molecule has 0 bridgehead atoms. The summed E-state index contributed by atoms with van der Waals surface area (Å²) in [4.78, 5) is 22.7. The second-order valence-electron chi connectivity index (χ2n) is 3.94. The number of amides is 2. The largest absolute Gasteiger partial charge is 0.495 e. The lowest BCUT2D eigenvalue weighted by Gasteiger charge is -2.12. The van der Waals surface area contributed by atoms with Gasteiger partial charge in [0.25, 0.3) is 0 Å². The van der Waals surface area contributed by atoms with Gasteiger partial charge >= 0.3 is 0 Å². The molecule has 0 saturated heterocycles. The summed E-state index contributed by atoms with van der Waals surface area (Å²) in [6.07, 6.45) is 0.956. The fourth-order valence-corrected chi connectivity index (χ4v) is 1.66. The van der Waals surface area contributed by atoms with Gasteiger partial charge in [0.2, 0.25) is 11.8 Å². The molecule has 0 saturated carbocycles. The lowest BCUT2D eigenvalue weighted by Crippen LogP contribution is -2.13. The van der Waals surface area contributed by atoms with Crippen LogP contribution < -0.4 is 15.4 Å². The Balaban J connectivity index is 2.83. The third-order valence-electron chi connectivity index (χ3n) is 2.33. The van der Waals surface area contributed by atoms with Crippen LogP contribution in [0.25, 0.3) is 0 Å². The molecule has 104 valence electrons. The number of nitrogens with one attached hydrogen (secondary N) is 2. The van der Waals surface area contributed by atoms with Crippen molar-refractivity contribution in [2.75, 3.05) is 23.6 Å². The zero-order valence-electron chi connectivity index (χ0n) is 11.0. The number of hydrogen-bond donors (Lipinski definition) is 2. The van der Waals surface area contributed by atoms with Crippen molar-refractivity contribution in [2.45, 2.75) is 19.8 Å². The summed E-state index contributed by atoms with van der Waals surface area (Å²) in [6, 6.07) is 5.04. The first-order chi connectivity index (χ1) is 9.06. The molecule has 1 aromatic carbocycles. The Kier molecular flexibility index (Phi) is 6.15. The first-order valence-electron chi connectivity index (χ1n) is 5.88. The summed E-state index contributed by atoms with van der Waals surface area (Å²) in [5.41, 5.74) is 1.12. The molecule has 2 amide bonds. The fraction of sp³-hybridized carbons (Fsp3) is 0.385. The molecule has 6 heteroatoms. The predicted octanol–water partition coefficient (Wildman–Crippen LogP) is 2.61. The zero-order valence-corrected chi connectivity index (χ0v) is 11.7. The summed E-state index contributed by atoms with van der Waals surface area (Å²) in [5, 5.41) is 5.38. The van der Waals surface area contributed by atoms with E-state index in [-0.39, 0.29) is 11.8 Å². The van der Waals surface area contributed by atoms with Crippen molar-refractivity contribution in [3.63, 3.8) is 0 Å². The average Bonchev–Trinajstić information content (AvgIpc) is 2.36. The molecule has 0 aliphatic heterocycles. The van der Waals surface area contributed by atoms with Gasteiger partial charge < -0.3 is 15.4 Å². The number of alkyl halides is 1. The smallest absolute Gasteiger partial charge is 0.224 e. The van der Waals surface area contributed by atoms with Gasteiger partial charge in [0, 0.05) is 24.9 Å². The molecule has 0 aromatic heterocycles. The van der Waals surface area contributed by atoms with Crippen LogP contribution >= 0.6 is 11.6 Å². The SMILES string of the molecule is COc1ccc(NC(C)=O)cc1NC(=O)CCCCl. The minimum atomic E-state index is -0.176. The van der Waals surface area contributed by atoms with Crippen LogP contribution in [0.4, 0.5) is 11.4 Å². The molecular weight excluding hydrogens is 268 g/mol. The number of halogens is 1. The third kappa shape index (κ3) is 5.18. The van der Waals surface area contributed by atoms with Crippen LogP contribution in [0.15, 0.2) is 18.2 Å². The van der Waals surface area contributed by atoms with Crippen LogP contribution in [0, 0.1) is 0 Å². The highest BCUT2D eigenvalue weighted by atomic mass is 35.5. The van der Waals surface area contributed by atoms with Crippen LogP contribution in [-0.4, -0.2) is 24.8 Å². The van der Waals surface area contributed by atoms with E-state index in [9.17, 15) is 9.59 Å². The number of rotatable bonds is 6. The molecule has 19 heavy (non-hydrogen) atoms.